The van der Waals surface area contributed by atoms with Crippen LogP contribution in [0, 0.1) is 0 Å². The molecule has 0 spiro atoms. The van der Waals surface area contributed by atoms with Crippen LogP contribution in [0.2, 0.25) is 0 Å². The van der Waals surface area contributed by atoms with Gasteiger partial charge in [-0.2, -0.15) is 4.99 Å². The van der Waals surface area contributed by atoms with Gasteiger partial charge in [-0.15, -0.1) is 5.06 Å². The molecule has 3 amide bonds. The van der Waals surface area contributed by atoms with E-state index in [0.717, 1.165) is 6.21 Å². The minimum atomic E-state index is -0.660. The average Bonchev–Trinajstić information content (AvgIpc) is 2.20. The van der Waals surface area contributed by atoms with Gasteiger partial charge in [0.05, 0.1) is 6.61 Å². The third-order valence-electron chi connectivity index (χ3n) is 0.918. The largest absolute Gasteiger partial charge is 0.375 e. The monoisotopic (exact) mass is 142 g/mol. The molecule has 1 aliphatic rings. The number of aliphatic imine (C=N–C) groups is 1. The number of rotatable bonds is 2. The Balaban J connectivity index is 2.60. The number of nitrogens with zero attached hydrogens (tertiary/aromatic N) is 2. The maximum absolute atomic E-state index is 10.6. The summed E-state index contributed by atoms with van der Waals surface area (Å²) in [7, 11) is 0. The zero-order chi connectivity index (χ0) is 7.56. The first kappa shape index (κ1) is 6.88. The minimum absolute atomic E-state index is 0.279. The Labute approximate surface area is 57.2 Å². The van der Waals surface area contributed by atoms with Gasteiger partial charge < -0.3 is 0 Å². The van der Waals surface area contributed by atoms with Crippen molar-refractivity contribution in [1.82, 2.24) is 5.06 Å². The first-order valence-electron chi connectivity index (χ1n) is 2.80. The summed E-state index contributed by atoms with van der Waals surface area (Å²) >= 11 is 0. The molecular weight excluding hydrogens is 136 g/mol. The smallest absolute Gasteiger partial charge is 0.265 e. The lowest BCUT2D eigenvalue weighted by Gasteiger charge is -2.08. The fourth-order valence-electron chi connectivity index (χ4n) is 0.558. The third-order valence-corrected chi connectivity index (χ3v) is 0.918. The highest BCUT2D eigenvalue weighted by Gasteiger charge is 2.25. The summed E-state index contributed by atoms with van der Waals surface area (Å²) < 4.78 is 0. The molecule has 0 aromatic heterocycles. The normalized spacial score (nSPS) is 17.1. The number of carbonyl (C=O) groups excluding carboxylic acids is 2. The van der Waals surface area contributed by atoms with Gasteiger partial charge in [0.25, 0.3) is 5.91 Å². The first-order valence-corrected chi connectivity index (χ1v) is 2.80. The second-order valence-electron chi connectivity index (χ2n) is 1.59. The second-order valence-corrected chi connectivity index (χ2v) is 1.59. The second kappa shape index (κ2) is 2.57. The van der Waals surface area contributed by atoms with Crippen molar-refractivity contribution < 1.29 is 14.4 Å². The van der Waals surface area contributed by atoms with Crippen molar-refractivity contribution in [3.63, 3.8) is 0 Å². The molecule has 0 atom stereocenters. The van der Waals surface area contributed by atoms with Crippen molar-refractivity contribution in [2.24, 2.45) is 4.99 Å². The first-order chi connectivity index (χ1) is 4.75. The van der Waals surface area contributed by atoms with Crippen LogP contribution in [0.4, 0.5) is 4.79 Å². The van der Waals surface area contributed by atoms with Gasteiger partial charge in [-0.1, -0.05) is 0 Å². The van der Waals surface area contributed by atoms with Crippen molar-refractivity contribution in [1.29, 1.82) is 0 Å². The molecule has 1 heterocycles. The Kier molecular flexibility index (Phi) is 1.77. The van der Waals surface area contributed by atoms with Crippen molar-refractivity contribution in [2.75, 3.05) is 6.61 Å². The van der Waals surface area contributed by atoms with Crippen LogP contribution in [0.15, 0.2) is 4.99 Å². The van der Waals surface area contributed by atoms with E-state index in [1.54, 1.807) is 6.92 Å². The molecule has 0 bridgehead atoms. The highest BCUT2D eigenvalue weighted by Crippen LogP contribution is 2.00. The highest BCUT2D eigenvalue weighted by atomic mass is 16.7. The van der Waals surface area contributed by atoms with E-state index in [2.05, 4.69) is 9.83 Å². The van der Waals surface area contributed by atoms with E-state index < -0.39 is 11.9 Å². The number of imide groups is 1. The van der Waals surface area contributed by atoms with E-state index in [-0.39, 0.29) is 6.61 Å². The summed E-state index contributed by atoms with van der Waals surface area (Å²) in [4.78, 5) is 29.0. The summed E-state index contributed by atoms with van der Waals surface area (Å²) in [5, 5.41) is 0.625. The van der Waals surface area contributed by atoms with Crippen LogP contribution in [0.3, 0.4) is 0 Å². The third kappa shape index (κ3) is 1.03. The molecule has 10 heavy (non-hydrogen) atoms. The zero-order valence-electron chi connectivity index (χ0n) is 5.40. The van der Waals surface area contributed by atoms with Crippen LogP contribution in [0.1, 0.15) is 6.92 Å². The van der Waals surface area contributed by atoms with Crippen LogP contribution in [0.25, 0.3) is 0 Å². The Hall–Kier alpha value is -1.23. The Morgan fingerprint density at radius 2 is 2.40 bits per heavy atom. The van der Waals surface area contributed by atoms with E-state index in [1.165, 1.54) is 0 Å². The number of amides is 3. The molecular formula is C5H6N2O3. The molecule has 0 fully saturated rings. The Morgan fingerprint density at radius 1 is 1.70 bits per heavy atom. The van der Waals surface area contributed by atoms with Crippen molar-refractivity contribution in [2.45, 2.75) is 6.92 Å². The van der Waals surface area contributed by atoms with Gasteiger partial charge in [0, 0.05) is 0 Å². The Morgan fingerprint density at radius 3 is 2.80 bits per heavy atom. The predicted octanol–water partition coefficient (Wildman–Crippen LogP) is -0.0291. The van der Waals surface area contributed by atoms with Gasteiger partial charge in [-0.25, -0.2) is 4.79 Å². The van der Waals surface area contributed by atoms with E-state index in [1.807, 2.05) is 0 Å². The van der Waals surface area contributed by atoms with Gasteiger partial charge in [0.15, 0.2) is 0 Å². The molecule has 0 unspecified atom stereocenters. The van der Waals surface area contributed by atoms with Crippen molar-refractivity contribution in [3.05, 3.63) is 0 Å². The molecule has 5 heteroatoms. The highest BCUT2D eigenvalue weighted by molar-refractivity contribution is 6.35. The average molecular weight is 142 g/mol. The van der Waals surface area contributed by atoms with Crippen LogP contribution < -0.4 is 0 Å². The minimum Gasteiger partial charge on any atom is -0.265 e. The molecule has 0 N–H and O–H groups in total. The molecule has 0 saturated carbocycles. The summed E-state index contributed by atoms with van der Waals surface area (Å²) in [5.74, 6) is -0.521. The molecule has 5 nitrogen and oxygen atoms in total. The summed E-state index contributed by atoms with van der Waals surface area (Å²) in [5.41, 5.74) is 0. The number of carbonyl (C=O) groups is 2. The lowest BCUT2D eigenvalue weighted by atomic mass is 10.7. The lowest BCUT2D eigenvalue weighted by Crippen LogP contribution is -2.30. The maximum atomic E-state index is 10.6. The van der Waals surface area contributed by atoms with Gasteiger partial charge in [0.2, 0.25) is 0 Å². The molecule has 0 radical (unpaired) electrons. The number of hydrogen-bond donors (Lipinski definition) is 0. The predicted molar refractivity (Wildman–Crippen MR) is 32.4 cm³/mol. The van der Waals surface area contributed by atoms with Gasteiger partial charge in [0.1, 0.15) is 6.21 Å². The quantitative estimate of drug-likeness (QED) is 0.544. The fourth-order valence-corrected chi connectivity index (χ4v) is 0.558. The van der Waals surface area contributed by atoms with Crippen molar-refractivity contribution >= 4 is 18.2 Å². The van der Waals surface area contributed by atoms with Crippen LogP contribution in [-0.4, -0.2) is 29.8 Å². The standard InChI is InChI=1S/C5H6N2O3/c1-2-10-7-4(8)3-6-5(7)9/h3H,2H2,1H3. The maximum Gasteiger partial charge on any atom is 0.375 e. The van der Waals surface area contributed by atoms with Gasteiger partial charge in [-0.05, 0) is 6.92 Å². The van der Waals surface area contributed by atoms with Crippen molar-refractivity contribution in [3.8, 4) is 0 Å². The van der Waals surface area contributed by atoms with E-state index >= 15 is 0 Å². The van der Waals surface area contributed by atoms with Gasteiger partial charge >= 0.3 is 6.03 Å². The number of urea groups is 1. The lowest BCUT2D eigenvalue weighted by molar-refractivity contribution is -0.156. The molecule has 0 aliphatic carbocycles. The number of hydrogen-bond acceptors (Lipinski definition) is 3. The SMILES string of the molecule is CCON1C(=O)C=NC1=O. The molecule has 0 aromatic rings. The molecule has 1 rings (SSSR count). The topological polar surface area (TPSA) is 59.0 Å². The van der Waals surface area contributed by atoms with E-state index in [4.69, 9.17) is 0 Å². The molecule has 54 valence electrons. The van der Waals surface area contributed by atoms with Gasteiger partial charge in [-0.3, -0.25) is 9.63 Å². The zero-order valence-corrected chi connectivity index (χ0v) is 5.40. The molecule has 0 aromatic carbocycles. The summed E-state index contributed by atoms with van der Waals surface area (Å²) in [6.07, 6.45) is 0.929. The number of hydroxylamine groups is 2. The van der Waals surface area contributed by atoms with Crippen LogP contribution >= 0.6 is 0 Å². The van der Waals surface area contributed by atoms with E-state index in [0.29, 0.717) is 5.06 Å². The van der Waals surface area contributed by atoms with Crippen LogP contribution in [-0.2, 0) is 9.63 Å². The summed E-state index contributed by atoms with van der Waals surface area (Å²) in [6.45, 7) is 1.96. The van der Waals surface area contributed by atoms with Crippen LogP contribution in [0.5, 0.6) is 0 Å². The Bertz CT molecular complexity index is 181. The molecule has 0 saturated heterocycles. The fraction of sp³-hybridized carbons (Fsp3) is 0.400. The van der Waals surface area contributed by atoms with E-state index in [9.17, 15) is 9.59 Å². The summed E-state index contributed by atoms with van der Waals surface area (Å²) in [6, 6.07) is -0.660. The molecule has 1 aliphatic heterocycles.